The maximum Gasteiger partial charge on any atom is 0.345 e. The van der Waals surface area contributed by atoms with Gasteiger partial charge in [-0.3, -0.25) is 0 Å². The Labute approximate surface area is 182 Å². The number of hydrogen-bond acceptors (Lipinski definition) is 3. The predicted octanol–water partition coefficient (Wildman–Crippen LogP) is 5.91. The normalized spacial score (nSPS) is 10.9. The van der Waals surface area contributed by atoms with Crippen LogP contribution in [0.3, 0.4) is 0 Å². The largest absolute Gasteiger partial charge is 0.478 e. The maximum atomic E-state index is 12.8. The molecule has 4 aromatic rings. The van der Waals surface area contributed by atoms with E-state index in [1.165, 1.54) is 24.3 Å². The molecule has 0 atom stereocenters. The molecule has 7 heteroatoms. The first-order valence-electron chi connectivity index (χ1n) is 9.00. The van der Waals surface area contributed by atoms with Crippen LogP contribution in [0.4, 0.5) is 0 Å². The highest BCUT2D eigenvalue weighted by molar-refractivity contribution is 6.35. The van der Waals surface area contributed by atoms with E-state index >= 15 is 0 Å². The van der Waals surface area contributed by atoms with Crippen LogP contribution in [0.2, 0.25) is 10.0 Å². The minimum atomic E-state index is -1.04. The Hall–Kier alpha value is -3.28. The average molecular weight is 440 g/mol. The number of aromatic carboxylic acids is 1. The molecule has 0 saturated carbocycles. The van der Waals surface area contributed by atoms with E-state index in [4.69, 9.17) is 33.0 Å². The number of rotatable bonds is 5. The minimum absolute atomic E-state index is 0.117. The van der Waals surface area contributed by atoms with E-state index < -0.39 is 11.9 Å². The van der Waals surface area contributed by atoms with Crippen LogP contribution in [-0.2, 0) is 6.54 Å². The topological polar surface area (TPSA) is 68.5 Å². The summed E-state index contributed by atoms with van der Waals surface area (Å²) in [7, 11) is 0. The van der Waals surface area contributed by atoms with E-state index in [2.05, 4.69) is 0 Å². The van der Waals surface area contributed by atoms with Gasteiger partial charge in [0.05, 0.1) is 11.1 Å². The van der Waals surface area contributed by atoms with Gasteiger partial charge in [-0.2, -0.15) is 0 Å². The summed E-state index contributed by atoms with van der Waals surface area (Å²) < 4.78 is 7.38. The maximum absolute atomic E-state index is 12.8. The lowest BCUT2D eigenvalue weighted by Gasteiger charge is -2.08. The lowest BCUT2D eigenvalue weighted by Crippen LogP contribution is -2.08. The van der Waals surface area contributed by atoms with Crippen LogP contribution in [0.25, 0.3) is 10.9 Å². The lowest BCUT2D eigenvalue weighted by molar-refractivity contribution is 0.0696. The van der Waals surface area contributed by atoms with Crippen LogP contribution >= 0.6 is 23.2 Å². The van der Waals surface area contributed by atoms with Crippen molar-refractivity contribution in [2.24, 2.45) is 0 Å². The molecule has 0 spiro atoms. The Morgan fingerprint density at radius 2 is 1.70 bits per heavy atom. The number of benzene rings is 3. The van der Waals surface area contributed by atoms with Gasteiger partial charge in [0.15, 0.2) is 0 Å². The highest BCUT2D eigenvalue weighted by atomic mass is 35.5. The van der Waals surface area contributed by atoms with Crippen LogP contribution in [0, 0.1) is 0 Å². The van der Waals surface area contributed by atoms with E-state index in [9.17, 15) is 9.59 Å². The summed E-state index contributed by atoms with van der Waals surface area (Å²) in [6.07, 6.45) is 1.73. The fourth-order valence-electron chi connectivity index (χ4n) is 3.20. The molecule has 0 bridgehead atoms. The molecular weight excluding hydrogens is 425 g/mol. The second-order valence-corrected chi connectivity index (χ2v) is 7.49. The first kappa shape index (κ1) is 20.0. The zero-order valence-electron chi connectivity index (χ0n) is 15.5. The summed E-state index contributed by atoms with van der Waals surface area (Å²) in [5.41, 5.74) is 2.24. The van der Waals surface area contributed by atoms with E-state index in [1.54, 1.807) is 18.3 Å². The third-order valence-corrected chi connectivity index (χ3v) is 5.26. The summed E-state index contributed by atoms with van der Waals surface area (Å²) >= 11 is 12.3. The number of ether oxygens (including phenoxy) is 1. The number of fused-ring (bicyclic) bond motifs is 1. The summed E-state index contributed by atoms with van der Waals surface area (Å²) in [6, 6.07) is 18.5. The summed E-state index contributed by atoms with van der Waals surface area (Å²) in [6.45, 7) is 0.455. The van der Waals surface area contributed by atoms with Crippen LogP contribution in [0.1, 0.15) is 26.3 Å². The molecule has 1 heterocycles. The van der Waals surface area contributed by atoms with Crippen LogP contribution < -0.4 is 4.74 Å². The van der Waals surface area contributed by atoms with Gasteiger partial charge < -0.3 is 14.4 Å². The molecule has 4 rings (SSSR count). The zero-order valence-corrected chi connectivity index (χ0v) is 17.0. The Kier molecular flexibility index (Phi) is 5.48. The average Bonchev–Trinajstić information content (AvgIpc) is 3.09. The van der Waals surface area contributed by atoms with Gasteiger partial charge in [-0.05, 0) is 48.0 Å². The van der Waals surface area contributed by atoms with Crippen molar-refractivity contribution in [1.82, 2.24) is 4.57 Å². The molecule has 0 radical (unpaired) electrons. The highest BCUT2D eigenvalue weighted by Crippen LogP contribution is 2.27. The third-order valence-electron chi connectivity index (χ3n) is 4.68. The van der Waals surface area contributed by atoms with Gasteiger partial charge in [-0.1, -0.05) is 47.5 Å². The number of hydrogen-bond donors (Lipinski definition) is 1. The molecule has 0 aliphatic heterocycles. The number of carbonyl (C=O) groups excluding carboxylic acids is 1. The number of para-hydroxylation sites is 1. The van der Waals surface area contributed by atoms with Crippen molar-refractivity contribution in [1.29, 1.82) is 0 Å². The standard InChI is InChI=1S/C23H15Cl2NO4/c24-16-8-5-15(20(25)11-16)12-26-13-19(18-3-1-2-4-21(18)26)23(29)30-17-9-6-14(7-10-17)22(27)28/h1-11,13H,12H2,(H,27,28). The van der Waals surface area contributed by atoms with Crippen molar-refractivity contribution >= 4 is 46.0 Å². The van der Waals surface area contributed by atoms with Gasteiger partial charge >= 0.3 is 11.9 Å². The van der Waals surface area contributed by atoms with Gasteiger partial charge in [-0.15, -0.1) is 0 Å². The fourth-order valence-corrected chi connectivity index (χ4v) is 3.67. The number of halogens is 2. The quantitative estimate of drug-likeness (QED) is 0.309. The van der Waals surface area contributed by atoms with E-state index in [0.29, 0.717) is 22.2 Å². The van der Waals surface area contributed by atoms with Crippen molar-refractivity contribution in [3.63, 3.8) is 0 Å². The van der Waals surface area contributed by atoms with Crippen molar-refractivity contribution in [2.75, 3.05) is 0 Å². The molecule has 0 fully saturated rings. The molecule has 0 amide bonds. The summed E-state index contributed by atoms with van der Waals surface area (Å²) in [5.74, 6) is -1.31. The smallest absolute Gasteiger partial charge is 0.345 e. The summed E-state index contributed by atoms with van der Waals surface area (Å²) in [5, 5.41) is 10.8. The van der Waals surface area contributed by atoms with Crippen molar-refractivity contribution in [3.8, 4) is 5.75 Å². The third kappa shape index (κ3) is 4.03. The van der Waals surface area contributed by atoms with E-state index in [0.717, 1.165) is 16.5 Å². The van der Waals surface area contributed by atoms with Crippen LogP contribution in [0.15, 0.2) is 72.9 Å². The molecule has 0 aliphatic rings. The summed E-state index contributed by atoms with van der Waals surface area (Å²) in [4.78, 5) is 23.8. The van der Waals surface area contributed by atoms with Crippen LogP contribution in [-0.4, -0.2) is 21.6 Å². The SMILES string of the molecule is O=C(O)c1ccc(OC(=O)c2cn(Cc3ccc(Cl)cc3Cl)c3ccccc23)cc1. The molecule has 150 valence electrons. The predicted molar refractivity (Wildman–Crippen MR) is 116 cm³/mol. The number of esters is 1. The first-order valence-corrected chi connectivity index (χ1v) is 9.75. The van der Waals surface area contributed by atoms with Gasteiger partial charge in [0.25, 0.3) is 0 Å². The lowest BCUT2D eigenvalue weighted by atomic mass is 10.2. The minimum Gasteiger partial charge on any atom is -0.478 e. The fraction of sp³-hybridized carbons (Fsp3) is 0.0435. The van der Waals surface area contributed by atoms with Gasteiger partial charge in [0.2, 0.25) is 0 Å². The molecular formula is C23H15Cl2NO4. The first-order chi connectivity index (χ1) is 14.4. The van der Waals surface area contributed by atoms with E-state index in [-0.39, 0.29) is 11.3 Å². The van der Waals surface area contributed by atoms with Crippen molar-refractivity contribution in [3.05, 3.63) is 99.7 Å². The number of nitrogens with zero attached hydrogens (tertiary/aromatic N) is 1. The molecule has 0 saturated heterocycles. The zero-order chi connectivity index (χ0) is 21.3. The number of carboxylic acids is 1. The Morgan fingerprint density at radius 3 is 2.40 bits per heavy atom. The number of carboxylic acid groups (broad SMARTS) is 1. The number of carbonyl (C=O) groups is 2. The van der Waals surface area contributed by atoms with Gasteiger partial charge in [0.1, 0.15) is 5.75 Å². The van der Waals surface area contributed by atoms with Crippen LogP contribution in [0.5, 0.6) is 5.75 Å². The molecule has 30 heavy (non-hydrogen) atoms. The van der Waals surface area contributed by atoms with Crippen molar-refractivity contribution in [2.45, 2.75) is 6.54 Å². The van der Waals surface area contributed by atoms with Gasteiger partial charge in [-0.25, -0.2) is 9.59 Å². The second kappa shape index (κ2) is 8.22. The molecule has 0 unspecified atom stereocenters. The Morgan fingerprint density at radius 1 is 0.967 bits per heavy atom. The number of aromatic nitrogens is 1. The molecule has 1 aromatic heterocycles. The highest BCUT2D eigenvalue weighted by Gasteiger charge is 2.18. The Bertz CT molecular complexity index is 1260. The molecule has 0 aliphatic carbocycles. The van der Waals surface area contributed by atoms with E-state index in [1.807, 2.05) is 34.9 Å². The second-order valence-electron chi connectivity index (χ2n) is 6.64. The molecule has 1 N–H and O–H groups in total. The Balaban J connectivity index is 1.65. The molecule has 5 nitrogen and oxygen atoms in total. The molecule has 3 aromatic carbocycles. The van der Waals surface area contributed by atoms with Crippen molar-refractivity contribution < 1.29 is 19.4 Å². The monoisotopic (exact) mass is 439 g/mol. The van der Waals surface area contributed by atoms with Gasteiger partial charge in [0, 0.05) is 33.7 Å².